The number of carbonyl (C=O) groups excluding carboxylic acids is 2. The second kappa shape index (κ2) is 6.79. The van der Waals surface area contributed by atoms with E-state index in [-0.39, 0.29) is 17.9 Å². The van der Waals surface area contributed by atoms with Gasteiger partial charge in [0.15, 0.2) is 0 Å². The Labute approximate surface area is 149 Å². The number of hydrogen-bond acceptors (Lipinski definition) is 3. The summed E-state index contributed by atoms with van der Waals surface area (Å²) >= 11 is 0. The molecule has 1 N–H and O–H groups in total. The topological polar surface area (TPSA) is 52.7 Å². The van der Waals surface area contributed by atoms with E-state index in [0.29, 0.717) is 19.0 Å². The molecule has 134 valence electrons. The molecule has 3 unspecified atom stereocenters. The number of benzene rings is 1. The maximum Gasteiger partial charge on any atom is 0.239 e. The minimum Gasteiger partial charge on any atom is -0.351 e. The average Bonchev–Trinajstić information content (AvgIpc) is 3.20. The maximum absolute atomic E-state index is 12.7. The molecule has 3 fully saturated rings. The third-order valence-electron chi connectivity index (χ3n) is 6.05. The Bertz CT molecular complexity index is 657. The van der Waals surface area contributed by atoms with Crippen LogP contribution in [0, 0.1) is 12.8 Å². The van der Waals surface area contributed by atoms with Crippen LogP contribution in [-0.2, 0) is 9.59 Å². The fourth-order valence-electron chi connectivity index (χ4n) is 4.60. The number of hydrogen-bond donors (Lipinski definition) is 1. The monoisotopic (exact) mass is 341 g/mol. The number of anilines is 1. The molecule has 2 amide bonds. The lowest BCUT2D eigenvalue weighted by molar-refractivity contribution is -0.132. The van der Waals surface area contributed by atoms with Crippen LogP contribution in [0.3, 0.4) is 0 Å². The van der Waals surface area contributed by atoms with Crippen molar-refractivity contribution < 1.29 is 9.59 Å². The molecule has 3 aliphatic rings. The molecule has 5 heteroatoms. The first-order valence-electron chi connectivity index (χ1n) is 9.56. The Kier molecular flexibility index (Phi) is 4.50. The fraction of sp³-hybridized carbons (Fsp3) is 0.600. The standard InChI is InChI=1S/C20H27N3O2/c1-14-5-7-15(8-6-14)23-13-9-16(20(23)25)19(24)21-17-10-12-22-11-3-2-4-18(17)22/h5-8,16-18H,2-4,9-13H2,1H3,(H,21,24). The highest BCUT2D eigenvalue weighted by molar-refractivity contribution is 6.09. The van der Waals surface area contributed by atoms with Gasteiger partial charge < -0.3 is 10.2 Å². The van der Waals surface area contributed by atoms with Crippen molar-refractivity contribution in [1.29, 1.82) is 0 Å². The number of carbonyl (C=O) groups is 2. The van der Waals surface area contributed by atoms with Crippen LogP contribution in [0.25, 0.3) is 0 Å². The maximum atomic E-state index is 12.7. The second-order valence-corrected chi connectivity index (χ2v) is 7.67. The van der Waals surface area contributed by atoms with E-state index in [0.717, 1.165) is 25.2 Å². The van der Waals surface area contributed by atoms with Crippen LogP contribution in [0.4, 0.5) is 5.69 Å². The highest BCUT2D eigenvalue weighted by atomic mass is 16.2. The molecule has 3 atom stereocenters. The summed E-state index contributed by atoms with van der Waals surface area (Å²) in [5, 5.41) is 3.20. The van der Waals surface area contributed by atoms with Gasteiger partial charge in [0, 0.05) is 30.9 Å². The highest BCUT2D eigenvalue weighted by Gasteiger charge is 2.41. The molecule has 0 saturated carbocycles. The summed E-state index contributed by atoms with van der Waals surface area (Å²) in [7, 11) is 0. The number of nitrogens with one attached hydrogen (secondary N) is 1. The van der Waals surface area contributed by atoms with Gasteiger partial charge in [-0.1, -0.05) is 24.1 Å². The highest BCUT2D eigenvalue weighted by Crippen LogP contribution is 2.29. The Balaban J connectivity index is 1.39. The molecular weight excluding hydrogens is 314 g/mol. The third kappa shape index (κ3) is 3.17. The molecule has 3 saturated heterocycles. The first kappa shape index (κ1) is 16.6. The van der Waals surface area contributed by atoms with E-state index < -0.39 is 5.92 Å². The lowest BCUT2D eigenvalue weighted by atomic mass is 9.98. The van der Waals surface area contributed by atoms with Crippen molar-refractivity contribution in [3.8, 4) is 0 Å². The average molecular weight is 341 g/mol. The Morgan fingerprint density at radius 2 is 1.84 bits per heavy atom. The van der Waals surface area contributed by atoms with Crippen molar-refractivity contribution >= 4 is 17.5 Å². The predicted octanol–water partition coefficient (Wildman–Crippen LogP) is 2.09. The molecular formula is C20H27N3O2. The molecule has 5 nitrogen and oxygen atoms in total. The molecule has 3 aliphatic heterocycles. The Morgan fingerprint density at radius 3 is 2.64 bits per heavy atom. The smallest absolute Gasteiger partial charge is 0.239 e. The van der Waals surface area contributed by atoms with E-state index in [1.165, 1.54) is 24.8 Å². The zero-order valence-electron chi connectivity index (χ0n) is 14.9. The summed E-state index contributed by atoms with van der Waals surface area (Å²) in [6.45, 7) is 4.88. The van der Waals surface area contributed by atoms with Crippen LogP contribution < -0.4 is 10.2 Å². The van der Waals surface area contributed by atoms with Gasteiger partial charge >= 0.3 is 0 Å². The molecule has 0 aromatic heterocycles. The van der Waals surface area contributed by atoms with E-state index in [1.807, 2.05) is 31.2 Å². The molecule has 3 heterocycles. The summed E-state index contributed by atoms with van der Waals surface area (Å²) in [6, 6.07) is 8.63. The lowest BCUT2D eigenvalue weighted by Gasteiger charge is -2.32. The number of nitrogens with zero attached hydrogens (tertiary/aromatic N) is 2. The largest absolute Gasteiger partial charge is 0.351 e. The number of fused-ring (bicyclic) bond motifs is 1. The van der Waals surface area contributed by atoms with Crippen molar-refractivity contribution in [2.24, 2.45) is 5.92 Å². The second-order valence-electron chi connectivity index (χ2n) is 7.67. The fourth-order valence-corrected chi connectivity index (χ4v) is 4.60. The lowest BCUT2D eigenvalue weighted by Crippen LogP contribution is -2.49. The number of rotatable bonds is 3. The third-order valence-corrected chi connectivity index (χ3v) is 6.05. The predicted molar refractivity (Wildman–Crippen MR) is 97.4 cm³/mol. The number of aryl methyl sites for hydroxylation is 1. The van der Waals surface area contributed by atoms with Gasteiger partial charge in [-0.15, -0.1) is 0 Å². The Morgan fingerprint density at radius 1 is 1.04 bits per heavy atom. The number of piperidine rings is 1. The van der Waals surface area contributed by atoms with Crippen LogP contribution in [-0.4, -0.2) is 48.4 Å². The molecule has 0 aliphatic carbocycles. The first-order valence-corrected chi connectivity index (χ1v) is 9.56. The van der Waals surface area contributed by atoms with Crippen molar-refractivity contribution in [3.63, 3.8) is 0 Å². The van der Waals surface area contributed by atoms with Crippen LogP contribution in [0.1, 0.15) is 37.7 Å². The van der Waals surface area contributed by atoms with Crippen LogP contribution in [0.5, 0.6) is 0 Å². The van der Waals surface area contributed by atoms with Gasteiger partial charge in [-0.2, -0.15) is 0 Å². The van der Waals surface area contributed by atoms with Crippen LogP contribution in [0.2, 0.25) is 0 Å². The van der Waals surface area contributed by atoms with Gasteiger partial charge in [-0.05, 0) is 51.3 Å². The van der Waals surface area contributed by atoms with Gasteiger partial charge in [0.2, 0.25) is 11.8 Å². The molecule has 0 bridgehead atoms. The summed E-state index contributed by atoms with van der Waals surface area (Å²) in [5.41, 5.74) is 2.06. The molecule has 25 heavy (non-hydrogen) atoms. The molecule has 4 rings (SSSR count). The first-order chi connectivity index (χ1) is 12.1. The minimum atomic E-state index is -0.529. The van der Waals surface area contributed by atoms with E-state index in [2.05, 4.69) is 10.2 Å². The van der Waals surface area contributed by atoms with Crippen LogP contribution >= 0.6 is 0 Å². The summed E-state index contributed by atoms with van der Waals surface area (Å²) < 4.78 is 0. The van der Waals surface area contributed by atoms with Crippen molar-refractivity contribution in [1.82, 2.24) is 10.2 Å². The van der Waals surface area contributed by atoms with E-state index in [4.69, 9.17) is 0 Å². The molecule has 0 radical (unpaired) electrons. The zero-order valence-corrected chi connectivity index (χ0v) is 14.9. The quantitative estimate of drug-likeness (QED) is 0.857. The summed E-state index contributed by atoms with van der Waals surface area (Å²) in [4.78, 5) is 29.7. The SMILES string of the molecule is Cc1ccc(N2CCC(C(=O)NC3CCN4CCCCC34)C2=O)cc1. The van der Waals surface area contributed by atoms with E-state index >= 15 is 0 Å². The summed E-state index contributed by atoms with van der Waals surface area (Å²) in [6.07, 6.45) is 5.30. The van der Waals surface area contributed by atoms with Gasteiger partial charge in [-0.25, -0.2) is 0 Å². The zero-order chi connectivity index (χ0) is 17.4. The van der Waals surface area contributed by atoms with Gasteiger partial charge in [-0.3, -0.25) is 14.5 Å². The minimum absolute atomic E-state index is 0.0557. The summed E-state index contributed by atoms with van der Waals surface area (Å²) in [5.74, 6) is -0.657. The van der Waals surface area contributed by atoms with Gasteiger partial charge in [0.25, 0.3) is 0 Å². The normalized spacial score (nSPS) is 29.7. The van der Waals surface area contributed by atoms with Gasteiger partial charge in [0.05, 0.1) is 0 Å². The molecule has 1 aromatic carbocycles. The molecule has 1 aromatic rings. The van der Waals surface area contributed by atoms with E-state index in [1.54, 1.807) is 4.90 Å². The van der Waals surface area contributed by atoms with Crippen molar-refractivity contribution in [3.05, 3.63) is 29.8 Å². The van der Waals surface area contributed by atoms with Gasteiger partial charge in [0.1, 0.15) is 5.92 Å². The van der Waals surface area contributed by atoms with Crippen LogP contribution in [0.15, 0.2) is 24.3 Å². The number of amides is 2. The van der Waals surface area contributed by atoms with E-state index in [9.17, 15) is 9.59 Å². The van der Waals surface area contributed by atoms with Crippen molar-refractivity contribution in [2.75, 3.05) is 24.5 Å². The Hall–Kier alpha value is -1.88. The van der Waals surface area contributed by atoms with Crippen molar-refractivity contribution in [2.45, 2.75) is 51.1 Å². The molecule has 0 spiro atoms.